The molecule has 3 rings (SSSR count). The van der Waals surface area contributed by atoms with Crippen molar-refractivity contribution in [1.82, 2.24) is 4.98 Å². The van der Waals surface area contributed by atoms with E-state index in [1.165, 1.54) is 0 Å². The average Bonchev–Trinajstić information content (AvgIpc) is 2.62. The summed E-state index contributed by atoms with van der Waals surface area (Å²) in [6, 6.07) is 14.2. The molecule has 1 N–H and O–H groups in total. The van der Waals surface area contributed by atoms with Crippen LogP contribution in [-0.4, -0.2) is 28.8 Å². The number of oxime groups is 1. The van der Waals surface area contributed by atoms with Gasteiger partial charge in [-0.05, 0) is 41.1 Å². The van der Waals surface area contributed by atoms with Gasteiger partial charge in [-0.1, -0.05) is 23.4 Å². The minimum absolute atomic E-state index is 0.0136. The van der Waals surface area contributed by atoms with Gasteiger partial charge in [0.25, 0.3) is 0 Å². The molecule has 2 aromatic carbocycles. The van der Waals surface area contributed by atoms with Crippen molar-refractivity contribution >= 4 is 22.3 Å². The lowest BCUT2D eigenvalue weighted by Gasteiger charge is -2.06. The first-order valence-corrected chi connectivity index (χ1v) is 6.98. The molecular weight excluding hydrogens is 292 g/mol. The number of hydrogen-bond acceptors (Lipinski definition) is 5. The Hall–Kier alpha value is -3.21. The fourth-order valence-electron chi connectivity index (χ4n) is 2.37. The highest BCUT2D eigenvalue weighted by Crippen LogP contribution is 2.22. The molecule has 0 aliphatic heterocycles. The Morgan fingerprint density at radius 1 is 1.00 bits per heavy atom. The van der Waals surface area contributed by atoms with Crippen molar-refractivity contribution in [2.75, 3.05) is 7.11 Å². The van der Waals surface area contributed by atoms with Gasteiger partial charge in [-0.3, -0.25) is 9.78 Å². The second-order valence-electron chi connectivity index (χ2n) is 4.94. The molecule has 114 valence electrons. The van der Waals surface area contributed by atoms with Crippen LogP contribution in [0.5, 0.6) is 5.75 Å². The molecule has 5 nitrogen and oxygen atoms in total. The van der Waals surface area contributed by atoms with Gasteiger partial charge in [0.2, 0.25) is 5.78 Å². The van der Waals surface area contributed by atoms with Gasteiger partial charge in [0.1, 0.15) is 5.75 Å². The molecule has 1 aromatic heterocycles. The molecular formula is C18H14N2O3. The Balaban J connectivity index is 2.00. The highest BCUT2D eigenvalue weighted by Gasteiger charge is 2.17. The molecule has 0 unspecified atom stereocenters. The van der Waals surface area contributed by atoms with Gasteiger partial charge in [0.05, 0.1) is 7.11 Å². The van der Waals surface area contributed by atoms with Crippen molar-refractivity contribution in [3.63, 3.8) is 0 Å². The van der Waals surface area contributed by atoms with E-state index in [0.29, 0.717) is 11.1 Å². The van der Waals surface area contributed by atoms with Gasteiger partial charge >= 0.3 is 0 Å². The highest BCUT2D eigenvalue weighted by atomic mass is 16.5. The summed E-state index contributed by atoms with van der Waals surface area (Å²) >= 11 is 0. The van der Waals surface area contributed by atoms with Crippen molar-refractivity contribution in [3.8, 4) is 5.75 Å². The van der Waals surface area contributed by atoms with Crippen molar-refractivity contribution in [3.05, 3.63) is 72.1 Å². The maximum atomic E-state index is 12.6. The van der Waals surface area contributed by atoms with Crippen molar-refractivity contribution in [1.29, 1.82) is 0 Å². The van der Waals surface area contributed by atoms with Crippen LogP contribution in [0.1, 0.15) is 15.9 Å². The third-order valence-corrected chi connectivity index (χ3v) is 3.58. The normalized spacial score (nSPS) is 11.4. The van der Waals surface area contributed by atoms with Crippen LogP contribution in [0.15, 0.2) is 66.1 Å². The number of rotatable bonds is 4. The maximum absolute atomic E-state index is 12.6. The Morgan fingerprint density at radius 3 is 2.39 bits per heavy atom. The smallest absolute Gasteiger partial charge is 0.215 e. The molecule has 0 aliphatic rings. The number of carbonyl (C=O) groups is 1. The second kappa shape index (κ2) is 6.27. The number of Topliss-reactive ketones (excluding diaryl/α,β-unsaturated/α-hetero) is 1. The Morgan fingerprint density at radius 2 is 1.70 bits per heavy atom. The van der Waals surface area contributed by atoms with Gasteiger partial charge in [0.15, 0.2) is 5.71 Å². The number of pyridine rings is 1. The van der Waals surface area contributed by atoms with E-state index in [1.807, 2.05) is 24.3 Å². The quantitative estimate of drug-likeness (QED) is 0.347. The second-order valence-corrected chi connectivity index (χ2v) is 4.94. The van der Waals surface area contributed by atoms with Crippen molar-refractivity contribution in [2.45, 2.75) is 0 Å². The zero-order valence-electron chi connectivity index (χ0n) is 12.4. The number of benzene rings is 2. The van der Waals surface area contributed by atoms with Crippen LogP contribution >= 0.6 is 0 Å². The minimum atomic E-state index is -0.351. The van der Waals surface area contributed by atoms with Crippen LogP contribution in [0.25, 0.3) is 10.8 Å². The summed E-state index contributed by atoms with van der Waals surface area (Å²) in [6.45, 7) is 0. The van der Waals surface area contributed by atoms with Crippen LogP contribution < -0.4 is 4.74 Å². The van der Waals surface area contributed by atoms with E-state index in [4.69, 9.17) is 4.74 Å². The average molecular weight is 306 g/mol. The number of carbonyl (C=O) groups excluding carboxylic acids is 1. The standard InChI is InChI=1S/C18H14N2O3/c1-23-16-5-4-13-10-15(3-2-14(13)11-16)18(21)17(20-22)12-6-8-19-9-7-12/h2-11,22H,1H3. The third kappa shape index (κ3) is 2.89. The van der Waals surface area contributed by atoms with Crippen LogP contribution in [0.2, 0.25) is 0 Å². The van der Waals surface area contributed by atoms with Crippen LogP contribution in [0, 0.1) is 0 Å². The number of methoxy groups -OCH3 is 1. The van der Waals surface area contributed by atoms with Crippen LogP contribution in [0.4, 0.5) is 0 Å². The topological polar surface area (TPSA) is 71.8 Å². The molecule has 0 radical (unpaired) electrons. The first-order chi connectivity index (χ1) is 11.2. The number of hydrogen-bond donors (Lipinski definition) is 1. The predicted molar refractivity (Wildman–Crippen MR) is 87.4 cm³/mol. The molecule has 5 heteroatoms. The number of ketones is 1. The third-order valence-electron chi connectivity index (χ3n) is 3.58. The Kier molecular flexibility index (Phi) is 4.01. The molecule has 0 saturated heterocycles. The summed E-state index contributed by atoms with van der Waals surface area (Å²) < 4.78 is 5.19. The zero-order chi connectivity index (χ0) is 16.2. The van der Waals surface area contributed by atoms with Crippen molar-refractivity contribution < 1.29 is 14.7 Å². The summed E-state index contributed by atoms with van der Waals surface area (Å²) in [7, 11) is 1.61. The van der Waals surface area contributed by atoms with E-state index in [1.54, 1.807) is 43.8 Å². The molecule has 0 atom stereocenters. The minimum Gasteiger partial charge on any atom is -0.497 e. The van der Waals surface area contributed by atoms with E-state index in [-0.39, 0.29) is 11.5 Å². The first-order valence-electron chi connectivity index (χ1n) is 6.98. The molecule has 1 heterocycles. The van der Waals surface area contributed by atoms with E-state index in [9.17, 15) is 10.0 Å². The summed E-state index contributed by atoms with van der Waals surface area (Å²) in [5.74, 6) is 0.405. The molecule has 0 spiro atoms. The highest BCUT2D eigenvalue weighted by molar-refractivity contribution is 6.51. The van der Waals surface area contributed by atoms with E-state index in [2.05, 4.69) is 10.1 Å². The summed E-state index contributed by atoms with van der Waals surface area (Å²) in [4.78, 5) is 16.5. The fraction of sp³-hybridized carbons (Fsp3) is 0.0556. The van der Waals surface area contributed by atoms with E-state index >= 15 is 0 Å². The van der Waals surface area contributed by atoms with E-state index < -0.39 is 0 Å². The van der Waals surface area contributed by atoms with E-state index in [0.717, 1.165) is 16.5 Å². The molecule has 0 bridgehead atoms. The van der Waals surface area contributed by atoms with Gasteiger partial charge in [-0.2, -0.15) is 0 Å². The van der Waals surface area contributed by atoms with Gasteiger partial charge < -0.3 is 9.94 Å². The Labute approximate surface area is 132 Å². The predicted octanol–water partition coefficient (Wildman–Crippen LogP) is 3.30. The lowest BCUT2D eigenvalue weighted by molar-refractivity contribution is 0.106. The first kappa shape index (κ1) is 14.7. The maximum Gasteiger partial charge on any atom is 0.215 e. The fourth-order valence-corrected chi connectivity index (χ4v) is 2.37. The number of ether oxygens (including phenoxy) is 1. The van der Waals surface area contributed by atoms with Crippen LogP contribution in [0.3, 0.4) is 0 Å². The molecule has 0 saturated carbocycles. The molecule has 23 heavy (non-hydrogen) atoms. The summed E-state index contributed by atoms with van der Waals surface area (Å²) in [5.41, 5.74) is 0.954. The van der Waals surface area contributed by atoms with Gasteiger partial charge in [-0.15, -0.1) is 0 Å². The van der Waals surface area contributed by atoms with Gasteiger partial charge in [-0.25, -0.2) is 0 Å². The number of fused-ring (bicyclic) bond motifs is 1. The summed E-state index contributed by atoms with van der Waals surface area (Å²) in [6.07, 6.45) is 3.08. The monoisotopic (exact) mass is 306 g/mol. The number of aromatic nitrogens is 1. The lowest BCUT2D eigenvalue weighted by atomic mass is 9.99. The zero-order valence-corrected chi connectivity index (χ0v) is 12.4. The summed E-state index contributed by atoms with van der Waals surface area (Å²) in [5, 5.41) is 14.3. The Bertz CT molecular complexity index is 889. The molecule has 0 aliphatic carbocycles. The van der Waals surface area contributed by atoms with Crippen LogP contribution in [-0.2, 0) is 0 Å². The lowest BCUT2D eigenvalue weighted by Crippen LogP contribution is -2.16. The molecule has 0 amide bonds. The SMILES string of the molecule is COc1ccc2cc(C(=O)C(=NO)c3ccncc3)ccc2c1. The largest absolute Gasteiger partial charge is 0.497 e. The van der Waals surface area contributed by atoms with Crippen molar-refractivity contribution in [2.24, 2.45) is 5.16 Å². The van der Waals surface area contributed by atoms with Gasteiger partial charge in [0, 0.05) is 23.5 Å². The molecule has 3 aromatic rings. The molecule has 0 fully saturated rings. The number of nitrogens with zero attached hydrogens (tertiary/aromatic N) is 2.